The summed E-state index contributed by atoms with van der Waals surface area (Å²) in [5, 5.41) is 2.81. The third-order valence-corrected chi connectivity index (χ3v) is 5.56. The van der Waals surface area contributed by atoms with Crippen LogP contribution < -0.4 is 10.2 Å². The highest BCUT2D eigenvalue weighted by molar-refractivity contribution is 6.21. The first-order valence-electron chi connectivity index (χ1n) is 9.66. The molecule has 1 heterocycles. The average molecular weight is 412 g/mol. The Hall–Kier alpha value is -3.22. The van der Waals surface area contributed by atoms with Crippen molar-refractivity contribution >= 4 is 23.5 Å². The van der Waals surface area contributed by atoms with Crippen LogP contribution in [0.15, 0.2) is 48.5 Å². The van der Waals surface area contributed by atoms with Crippen molar-refractivity contribution in [2.75, 3.05) is 11.9 Å². The largest absolute Gasteiger partial charge is 0.430 e. The topological polar surface area (TPSA) is 75.7 Å². The molecule has 2 aromatic rings. The Morgan fingerprint density at radius 3 is 2.33 bits per heavy atom. The third-order valence-electron chi connectivity index (χ3n) is 5.56. The maximum atomic E-state index is 14.2. The first kappa shape index (κ1) is 21.5. The van der Waals surface area contributed by atoms with Gasteiger partial charge in [-0.05, 0) is 30.5 Å². The number of benzene rings is 2. The number of ether oxygens (including phenoxy) is 1. The van der Waals surface area contributed by atoms with Crippen LogP contribution in [-0.4, -0.2) is 30.9 Å². The number of rotatable bonds is 4. The van der Waals surface area contributed by atoms with Crippen molar-refractivity contribution < 1.29 is 23.5 Å². The number of fused-ring (bicyclic) bond motifs is 1. The van der Waals surface area contributed by atoms with Gasteiger partial charge in [-0.3, -0.25) is 9.59 Å². The number of likely N-dealkylation sites (N-methyl/N-ethyl adjacent to an activating group) is 1. The second kappa shape index (κ2) is 7.55. The zero-order chi connectivity index (χ0) is 22.3. The molecule has 6 nitrogen and oxygen atoms in total. The van der Waals surface area contributed by atoms with Crippen molar-refractivity contribution in [2.45, 2.75) is 39.3 Å². The van der Waals surface area contributed by atoms with Crippen LogP contribution in [0.1, 0.15) is 43.6 Å². The maximum absolute atomic E-state index is 14.2. The van der Waals surface area contributed by atoms with Crippen molar-refractivity contribution in [1.29, 1.82) is 0 Å². The molecule has 0 saturated carbocycles. The van der Waals surface area contributed by atoms with E-state index in [9.17, 15) is 18.8 Å². The van der Waals surface area contributed by atoms with Gasteiger partial charge in [0, 0.05) is 18.7 Å². The molecule has 1 aliphatic heterocycles. The highest BCUT2D eigenvalue weighted by Gasteiger charge is 2.59. The lowest BCUT2D eigenvalue weighted by Gasteiger charge is -2.33. The number of hydrogen-bond acceptors (Lipinski definition) is 4. The Morgan fingerprint density at radius 2 is 1.70 bits per heavy atom. The second-order valence-corrected chi connectivity index (χ2v) is 8.49. The van der Waals surface area contributed by atoms with Gasteiger partial charge < -0.3 is 15.0 Å². The lowest BCUT2D eigenvalue weighted by molar-refractivity contribution is -0.153. The van der Waals surface area contributed by atoms with Gasteiger partial charge in [0.2, 0.25) is 0 Å². The lowest BCUT2D eigenvalue weighted by atomic mass is 9.86. The molecule has 2 amide bonds. The van der Waals surface area contributed by atoms with Gasteiger partial charge in [0.15, 0.2) is 0 Å². The summed E-state index contributed by atoms with van der Waals surface area (Å²) in [6, 6.07) is 11.5. The van der Waals surface area contributed by atoms with Gasteiger partial charge in [0.25, 0.3) is 17.4 Å². The predicted molar refractivity (Wildman–Crippen MR) is 110 cm³/mol. The minimum atomic E-state index is -2.25. The number of amides is 2. The first-order chi connectivity index (χ1) is 14.0. The third kappa shape index (κ3) is 3.44. The summed E-state index contributed by atoms with van der Waals surface area (Å²) in [6.07, 6.45) is 0. The molecule has 1 aliphatic rings. The molecule has 30 heavy (non-hydrogen) atoms. The number of para-hydroxylation sites is 1. The average Bonchev–Trinajstić information content (AvgIpc) is 2.90. The van der Waals surface area contributed by atoms with E-state index < -0.39 is 29.2 Å². The quantitative estimate of drug-likeness (QED) is 0.617. The van der Waals surface area contributed by atoms with Crippen molar-refractivity contribution in [2.24, 2.45) is 5.41 Å². The molecule has 7 heteroatoms. The summed E-state index contributed by atoms with van der Waals surface area (Å²) in [5.41, 5.74) is -2.22. The Balaban J connectivity index is 2.11. The van der Waals surface area contributed by atoms with Gasteiger partial charge >= 0.3 is 5.97 Å². The minimum absolute atomic E-state index is 0.237. The molecule has 0 saturated heterocycles. The second-order valence-electron chi connectivity index (χ2n) is 8.49. The standard InChI is InChI=1S/C23H25FN2O4/c1-14(22(2,3)4)25-20(28)23(30-19(27)15-10-6-8-12-17(15)24)16-11-7-9-13-18(16)26(5)21(23)29/h6-14H,1-5H3,(H,25,28). The van der Waals surface area contributed by atoms with Gasteiger partial charge in [-0.1, -0.05) is 51.1 Å². The van der Waals surface area contributed by atoms with Gasteiger partial charge in [-0.2, -0.15) is 0 Å². The zero-order valence-electron chi connectivity index (χ0n) is 17.7. The molecule has 0 bridgehead atoms. The lowest BCUT2D eigenvalue weighted by Crippen LogP contribution is -2.57. The Labute approximate surface area is 175 Å². The number of anilines is 1. The van der Waals surface area contributed by atoms with Gasteiger partial charge in [0.05, 0.1) is 11.3 Å². The summed E-state index contributed by atoms with van der Waals surface area (Å²) < 4.78 is 19.7. The van der Waals surface area contributed by atoms with Crippen LogP contribution >= 0.6 is 0 Å². The number of carbonyl (C=O) groups is 3. The number of esters is 1. The van der Waals surface area contributed by atoms with E-state index in [1.54, 1.807) is 31.2 Å². The van der Waals surface area contributed by atoms with E-state index in [0.717, 1.165) is 6.07 Å². The van der Waals surface area contributed by atoms with Crippen molar-refractivity contribution in [3.05, 3.63) is 65.5 Å². The van der Waals surface area contributed by atoms with Crippen LogP contribution in [0.5, 0.6) is 0 Å². The zero-order valence-corrected chi connectivity index (χ0v) is 17.7. The van der Waals surface area contributed by atoms with Crippen molar-refractivity contribution in [1.82, 2.24) is 5.32 Å². The van der Waals surface area contributed by atoms with E-state index in [0.29, 0.717) is 5.69 Å². The Bertz CT molecular complexity index is 1010. The highest BCUT2D eigenvalue weighted by Crippen LogP contribution is 2.43. The molecular formula is C23H25FN2O4. The van der Waals surface area contributed by atoms with Crippen LogP contribution in [0.2, 0.25) is 0 Å². The van der Waals surface area contributed by atoms with E-state index in [1.807, 2.05) is 20.8 Å². The van der Waals surface area contributed by atoms with E-state index in [4.69, 9.17) is 4.74 Å². The predicted octanol–water partition coefficient (Wildman–Crippen LogP) is 3.41. The Morgan fingerprint density at radius 1 is 1.10 bits per heavy atom. The fraction of sp³-hybridized carbons (Fsp3) is 0.348. The van der Waals surface area contributed by atoms with E-state index in [1.165, 1.54) is 30.1 Å². The number of nitrogens with one attached hydrogen (secondary N) is 1. The first-order valence-corrected chi connectivity index (χ1v) is 9.66. The molecule has 158 valence electrons. The molecule has 2 unspecified atom stereocenters. The molecule has 0 aromatic heterocycles. The Kier molecular flexibility index (Phi) is 5.41. The molecule has 0 spiro atoms. The molecule has 3 rings (SSSR count). The number of nitrogens with zero attached hydrogens (tertiary/aromatic N) is 1. The minimum Gasteiger partial charge on any atom is -0.430 e. The SMILES string of the molecule is CC(NC(=O)C1(OC(=O)c2ccccc2F)C(=O)N(C)c2ccccc21)C(C)(C)C. The van der Waals surface area contributed by atoms with Gasteiger partial charge in [-0.15, -0.1) is 0 Å². The molecule has 2 aromatic carbocycles. The number of halogens is 1. The number of carbonyl (C=O) groups excluding carboxylic acids is 3. The van der Waals surface area contributed by atoms with Crippen molar-refractivity contribution in [3.63, 3.8) is 0 Å². The van der Waals surface area contributed by atoms with Crippen LogP contribution in [0, 0.1) is 11.2 Å². The monoisotopic (exact) mass is 412 g/mol. The van der Waals surface area contributed by atoms with Crippen molar-refractivity contribution in [3.8, 4) is 0 Å². The van der Waals surface area contributed by atoms with Gasteiger partial charge in [-0.25, -0.2) is 9.18 Å². The summed E-state index contributed by atoms with van der Waals surface area (Å²) in [4.78, 5) is 40.9. The van der Waals surface area contributed by atoms with E-state index >= 15 is 0 Å². The molecule has 0 aliphatic carbocycles. The maximum Gasteiger partial charge on any atom is 0.343 e. The highest BCUT2D eigenvalue weighted by atomic mass is 19.1. The van der Waals surface area contributed by atoms with E-state index in [-0.39, 0.29) is 22.6 Å². The van der Waals surface area contributed by atoms with Crippen LogP contribution in [-0.2, 0) is 19.9 Å². The summed E-state index contributed by atoms with van der Waals surface area (Å²) in [5.74, 6) is -3.37. The van der Waals surface area contributed by atoms with Crippen LogP contribution in [0.4, 0.5) is 10.1 Å². The normalized spacial score (nSPS) is 19.3. The summed E-state index contributed by atoms with van der Waals surface area (Å²) in [7, 11) is 1.50. The number of hydrogen-bond donors (Lipinski definition) is 1. The summed E-state index contributed by atoms with van der Waals surface area (Å²) in [6.45, 7) is 7.62. The fourth-order valence-electron chi connectivity index (χ4n) is 3.22. The molecule has 1 N–H and O–H groups in total. The fourth-order valence-corrected chi connectivity index (χ4v) is 3.22. The van der Waals surface area contributed by atoms with Crippen LogP contribution in [0.25, 0.3) is 0 Å². The van der Waals surface area contributed by atoms with Crippen LogP contribution in [0.3, 0.4) is 0 Å². The van der Waals surface area contributed by atoms with Gasteiger partial charge in [0.1, 0.15) is 5.82 Å². The summed E-state index contributed by atoms with van der Waals surface area (Å²) >= 11 is 0. The molecule has 2 atom stereocenters. The molecule has 0 radical (unpaired) electrons. The molecule has 0 fully saturated rings. The smallest absolute Gasteiger partial charge is 0.343 e. The van der Waals surface area contributed by atoms with E-state index in [2.05, 4.69) is 5.32 Å². The molecular weight excluding hydrogens is 387 g/mol.